The van der Waals surface area contributed by atoms with Gasteiger partial charge in [0.25, 0.3) is 0 Å². The van der Waals surface area contributed by atoms with Crippen LogP contribution in [0.4, 0.5) is 0 Å². The van der Waals surface area contributed by atoms with Crippen molar-refractivity contribution >= 4 is 23.7 Å². The van der Waals surface area contributed by atoms with Crippen LogP contribution in [0.25, 0.3) is 6.08 Å². The SMILES string of the molecule is COc1ccc(/C=C/C(=O)N[C@@H](C)C(=O)O[C@@H](C)C(=O)c2ccc(C)c(C)c2)cc1. The predicted octanol–water partition coefficient (Wildman–Crippen LogP) is 3.64. The molecule has 6 nitrogen and oxygen atoms in total. The lowest BCUT2D eigenvalue weighted by Crippen LogP contribution is -2.41. The Balaban J connectivity index is 1.89. The van der Waals surface area contributed by atoms with Gasteiger partial charge in [-0.25, -0.2) is 4.79 Å². The second kappa shape index (κ2) is 10.4. The molecule has 0 heterocycles. The fourth-order valence-electron chi connectivity index (χ4n) is 2.67. The van der Waals surface area contributed by atoms with Crippen LogP contribution in [0.5, 0.6) is 5.75 Å². The number of hydrogen-bond acceptors (Lipinski definition) is 5. The summed E-state index contributed by atoms with van der Waals surface area (Å²) in [6.07, 6.45) is 2.00. The van der Waals surface area contributed by atoms with E-state index in [1.807, 2.05) is 19.9 Å². The maximum absolute atomic E-state index is 12.5. The van der Waals surface area contributed by atoms with Crippen molar-refractivity contribution < 1.29 is 23.9 Å². The molecule has 0 spiro atoms. The summed E-state index contributed by atoms with van der Waals surface area (Å²) < 4.78 is 10.3. The molecular weight excluding hydrogens is 382 g/mol. The molecular formula is C24H27NO5. The summed E-state index contributed by atoms with van der Waals surface area (Å²) in [5.74, 6) is -0.684. The first kappa shape index (κ1) is 22.9. The number of amides is 1. The van der Waals surface area contributed by atoms with Gasteiger partial charge < -0.3 is 14.8 Å². The molecule has 30 heavy (non-hydrogen) atoms. The summed E-state index contributed by atoms with van der Waals surface area (Å²) in [5.41, 5.74) is 3.37. The molecule has 1 amide bonds. The van der Waals surface area contributed by atoms with Gasteiger partial charge in [-0.3, -0.25) is 9.59 Å². The van der Waals surface area contributed by atoms with Gasteiger partial charge in [-0.1, -0.05) is 24.3 Å². The second-order valence-electron chi connectivity index (χ2n) is 7.08. The Labute approximate surface area is 176 Å². The molecule has 0 saturated carbocycles. The van der Waals surface area contributed by atoms with Gasteiger partial charge in [0.1, 0.15) is 11.8 Å². The van der Waals surface area contributed by atoms with Gasteiger partial charge in [-0.2, -0.15) is 0 Å². The lowest BCUT2D eigenvalue weighted by Gasteiger charge is -2.17. The van der Waals surface area contributed by atoms with Crippen LogP contribution in [-0.4, -0.2) is 36.9 Å². The number of ketones is 1. The maximum atomic E-state index is 12.5. The third-order valence-corrected chi connectivity index (χ3v) is 4.71. The average Bonchev–Trinajstić information content (AvgIpc) is 2.73. The van der Waals surface area contributed by atoms with Crippen LogP contribution < -0.4 is 10.1 Å². The Hall–Kier alpha value is -3.41. The molecule has 6 heteroatoms. The zero-order chi connectivity index (χ0) is 22.3. The van der Waals surface area contributed by atoms with Crippen molar-refractivity contribution in [2.45, 2.75) is 39.8 Å². The molecule has 2 rings (SSSR count). The smallest absolute Gasteiger partial charge is 0.329 e. The van der Waals surface area contributed by atoms with Crippen LogP contribution in [0.3, 0.4) is 0 Å². The number of hydrogen-bond donors (Lipinski definition) is 1. The minimum atomic E-state index is -0.950. The van der Waals surface area contributed by atoms with Crippen LogP contribution in [0.15, 0.2) is 48.5 Å². The normalized spacial score (nSPS) is 12.8. The van der Waals surface area contributed by atoms with Gasteiger partial charge in [-0.15, -0.1) is 0 Å². The van der Waals surface area contributed by atoms with Crippen molar-refractivity contribution in [1.29, 1.82) is 0 Å². The Morgan fingerprint density at radius 3 is 2.23 bits per heavy atom. The number of nitrogens with one attached hydrogen (secondary N) is 1. The minimum Gasteiger partial charge on any atom is -0.497 e. The maximum Gasteiger partial charge on any atom is 0.329 e. The number of carbonyl (C=O) groups excluding carboxylic acids is 3. The average molecular weight is 409 g/mol. The van der Waals surface area contributed by atoms with Crippen LogP contribution >= 0.6 is 0 Å². The number of aryl methyl sites for hydroxylation is 2. The summed E-state index contributed by atoms with van der Waals surface area (Å²) in [6.45, 7) is 6.91. The molecule has 1 N–H and O–H groups in total. The number of rotatable bonds is 8. The highest BCUT2D eigenvalue weighted by Gasteiger charge is 2.23. The molecule has 0 unspecified atom stereocenters. The molecule has 0 aliphatic heterocycles. The van der Waals surface area contributed by atoms with Crippen LogP contribution in [0.2, 0.25) is 0 Å². The van der Waals surface area contributed by atoms with Crippen LogP contribution in [0.1, 0.15) is 40.9 Å². The largest absolute Gasteiger partial charge is 0.497 e. The Morgan fingerprint density at radius 2 is 1.63 bits per heavy atom. The Morgan fingerprint density at radius 1 is 0.967 bits per heavy atom. The fraction of sp³-hybridized carbons (Fsp3) is 0.292. The molecule has 2 aromatic carbocycles. The standard InChI is InChI=1S/C24H27NO5/c1-15-6-10-20(14-16(15)2)23(27)18(4)30-24(28)17(3)25-22(26)13-9-19-7-11-21(29-5)12-8-19/h6-14,17-18H,1-5H3,(H,25,26)/b13-9+/t17-,18-/m0/s1. The molecule has 2 atom stereocenters. The minimum absolute atomic E-state index is 0.288. The van der Waals surface area contributed by atoms with Crippen molar-refractivity contribution in [3.8, 4) is 5.75 Å². The highest BCUT2D eigenvalue weighted by molar-refractivity contribution is 6.01. The summed E-state index contributed by atoms with van der Waals surface area (Å²) >= 11 is 0. The molecule has 0 saturated heterocycles. The monoisotopic (exact) mass is 409 g/mol. The summed E-state index contributed by atoms with van der Waals surface area (Å²) in [5, 5.41) is 2.54. The molecule has 0 aromatic heterocycles. The lowest BCUT2D eigenvalue weighted by molar-refractivity contribution is -0.149. The number of ether oxygens (including phenoxy) is 2. The third kappa shape index (κ3) is 6.30. The number of carbonyl (C=O) groups is 3. The van der Waals surface area contributed by atoms with Gasteiger partial charge >= 0.3 is 5.97 Å². The fourth-order valence-corrected chi connectivity index (χ4v) is 2.67. The van der Waals surface area contributed by atoms with E-state index in [4.69, 9.17) is 9.47 Å². The zero-order valence-electron chi connectivity index (χ0n) is 17.9. The first-order valence-corrected chi connectivity index (χ1v) is 9.66. The van der Waals surface area contributed by atoms with Crippen molar-refractivity contribution in [2.75, 3.05) is 7.11 Å². The highest BCUT2D eigenvalue weighted by Crippen LogP contribution is 2.14. The van der Waals surface area contributed by atoms with Gasteiger partial charge in [0.15, 0.2) is 6.10 Å². The summed E-state index contributed by atoms with van der Waals surface area (Å²) in [7, 11) is 1.58. The Kier molecular flexibility index (Phi) is 7.92. The van der Waals surface area contributed by atoms with E-state index in [2.05, 4.69) is 5.32 Å². The second-order valence-corrected chi connectivity index (χ2v) is 7.08. The number of benzene rings is 2. The third-order valence-electron chi connectivity index (χ3n) is 4.71. The molecule has 0 aliphatic rings. The van der Waals surface area contributed by atoms with Crippen LogP contribution in [-0.2, 0) is 14.3 Å². The first-order chi connectivity index (χ1) is 14.2. The number of Topliss-reactive ketones (excluding diaryl/α,β-unsaturated/α-hetero) is 1. The van der Waals surface area contributed by atoms with Gasteiger partial charge in [0, 0.05) is 11.6 Å². The molecule has 0 bridgehead atoms. The van der Waals surface area contributed by atoms with Gasteiger partial charge in [0.2, 0.25) is 11.7 Å². The van der Waals surface area contributed by atoms with E-state index in [0.717, 1.165) is 22.4 Å². The number of methoxy groups -OCH3 is 1. The first-order valence-electron chi connectivity index (χ1n) is 9.66. The van der Waals surface area contributed by atoms with Crippen molar-refractivity contribution in [1.82, 2.24) is 5.32 Å². The van der Waals surface area contributed by atoms with E-state index < -0.39 is 24.0 Å². The highest BCUT2D eigenvalue weighted by atomic mass is 16.5. The van der Waals surface area contributed by atoms with E-state index in [9.17, 15) is 14.4 Å². The van der Waals surface area contributed by atoms with E-state index >= 15 is 0 Å². The van der Waals surface area contributed by atoms with E-state index in [1.54, 1.807) is 49.6 Å². The van der Waals surface area contributed by atoms with Crippen molar-refractivity contribution in [3.05, 3.63) is 70.8 Å². The molecule has 0 radical (unpaired) electrons. The molecule has 158 valence electrons. The van der Waals surface area contributed by atoms with E-state index in [0.29, 0.717) is 5.56 Å². The summed E-state index contributed by atoms with van der Waals surface area (Å²) in [4.78, 5) is 36.8. The lowest BCUT2D eigenvalue weighted by atomic mass is 10.0. The van der Waals surface area contributed by atoms with Gasteiger partial charge in [-0.05, 0) is 68.7 Å². The predicted molar refractivity (Wildman–Crippen MR) is 115 cm³/mol. The Bertz CT molecular complexity index is 947. The summed E-state index contributed by atoms with van der Waals surface area (Å²) in [6, 6.07) is 11.6. The molecule has 2 aromatic rings. The van der Waals surface area contributed by atoms with Crippen molar-refractivity contribution in [2.24, 2.45) is 0 Å². The van der Waals surface area contributed by atoms with Crippen molar-refractivity contribution in [3.63, 3.8) is 0 Å². The van der Waals surface area contributed by atoms with E-state index in [-0.39, 0.29) is 5.78 Å². The number of esters is 1. The molecule has 0 fully saturated rings. The van der Waals surface area contributed by atoms with E-state index in [1.165, 1.54) is 19.9 Å². The zero-order valence-corrected chi connectivity index (χ0v) is 17.9. The quantitative estimate of drug-likeness (QED) is 0.409. The van der Waals surface area contributed by atoms with Gasteiger partial charge in [0.05, 0.1) is 7.11 Å². The molecule has 0 aliphatic carbocycles. The topological polar surface area (TPSA) is 81.7 Å². The van der Waals surface area contributed by atoms with Crippen LogP contribution in [0, 0.1) is 13.8 Å².